The predicted octanol–water partition coefficient (Wildman–Crippen LogP) is 5.36. The summed E-state index contributed by atoms with van der Waals surface area (Å²) in [6, 6.07) is 14.2. The Kier molecular flexibility index (Phi) is 6.94. The minimum Gasteiger partial charge on any atom is -0.489 e. The molecule has 0 radical (unpaired) electrons. The largest absolute Gasteiger partial charge is 0.489 e. The van der Waals surface area contributed by atoms with Gasteiger partial charge in [0.05, 0.1) is 0 Å². The van der Waals surface area contributed by atoms with E-state index in [4.69, 9.17) is 16.3 Å². The van der Waals surface area contributed by atoms with Gasteiger partial charge in [0.2, 0.25) is 0 Å². The summed E-state index contributed by atoms with van der Waals surface area (Å²) in [7, 11) is 0. The van der Waals surface area contributed by atoms with E-state index in [-0.39, 0.29) is 0 Å². The highest BCUT2D eigenvalue weighted by atomic mass is 35.5. The van der Waals surface area contributed by atoms with E-state index in [9.17, 15) is 0 Å². The Morgan fingerprint density at radius 3 is 2.70 bits per heavy atom. The van der Waals surface area contributed by atoms with Crippen molar-refractivity contribution in [1.82, 2.24) is 5.32 Å². The number of halogens is 1. The van der Waals surface area contributed by atoms with Crippen molar-refractivity contribution < 1.29 is 4.74 Å². The van der Waals surface area contributed by atoms with Crippen LogP contribution >= 0.6 is 11.6 Å². The van der Waals surface area contributed by atoms with Gasteiger partial charge in [0.1, 0.15) is 12.4 Å². The average molecular weight is 332 g/mol. The normalized spacial score (nSPS) is 11.0. The molecule has 0 bridgehead atoms. The van der Waals surface area contributed by atoms with E-state index >= 15 is 0 Å². The van der Waals surface area contributed by atoms with E-state index in [0.717, 1.165) is 29.4 Å². The lowest BCUT2D eigenvalue weighted by Gasteiger charge is -2.14. The first kappa shape index (κ1) is 17.8. The fourth-order valence-electron chi connectivity index (χ4n) is 2.40. The quantitative estimate of drug-likeness (QED) is 0.657. The fourth-order valence-corrected chi connectivity index (χ4v) is 2.60. The molecule has 1 N–H and O–H groups in total. The topological polar surface area (TPSA) is 21.3 Å². The summed E-state index contributed by atoms with van der Waals surface area (Å²) in [6.07, 6.45) is 1.17. The molecule has 23 heavy (non-hydrogen) atoms. The SMILES string of the molecule is Cc1cccc(COc2ccc(Cl)cc2CNCCC(C)C)c1. The van der Waals surface area contributed by atoms with Crippen molar-refractivity contribution in [2.75, 3.05) is 6.54 Å². The molecule has 2 aromatic rings. The highest BCUT2D eigenvalue weighted by Crippen LogP contribution is 2.24. The molecule has 0 aliphatic heterocycles. The molecule has 2 rings (SSSR count). The molecule has 0 unspecified atom stereocenters. The van der Waals surface area contributed by atoms with Crippen molar-refractivity contribution in [3.05, 3.63) is 64.2 Å². The maximum absolute atomic E-state index is 6.13. The molecule has 0 heterocycles. The molecule has 0 aromatic heterocycles. The lowest BCUT2D eigenvalue weighted by Crippen LogP contribution is -2.17. The van der Waals surface area contributed by atoms with Crippen molar-refractivity contribution in [2.24, 2.45) is 5.92 Å². The summed E-state index contributed by atoms with van der Waals surface area (Å²) in [5.41, 5.74) is 3.53. The van der Waals surface area contributed by atoms with Gasteiger partial charge >= 0.3 is 0 Å². The zero-order valence-electron chi connectivity index (χ0n) is 14.2. The third-order valence-electron chi connectivity index (χ3n) is 3.71. The molecule has 3 heteroatoms. The van der Waals surface area contributed by atoms with E-state index in [1.807, 2.05) is 18.2 Å². The van der Waals surface area contributed by atoms with Gasteiger partial charge in [0.25, 0.3) is 0 Å². The lowest BCUT2D eigenvalue weighted by atomic mass is 10.1. The molecular weight excluding hydrogens is 306 g/mol. The van der Waals surface area contributed by atoms with Crippen molar-refractivity contribution in [3.63, 3.8) is 0 Å². The van der Waals surface area contributed by atoms with Crippen LogP contribution in [0.5, 0.6) is 5.75 Å². The van der Waals surface area contributed by atoms with Crippen LogP contribution in [0.25, 0.3) is 0 Å². The first-order valence-electron chi connectivity index (χ1n) is 8.22. The number of aryl methyl sites for hydroxylation is 1. The molecule has 0 fully saturated rings. The first-order valence-corrected chi connectivity index (χ1v) is 8.60. The van der Waals surface area contributed by atoms with E-state index in [2.05, 4.69) is 50.4 Å². The second kappa shape index (κ2) is 8.95. The zero-order valence-corrected chi connectivity index (χ0v) is 15.0. The molecule has 2 aromatic carbocycles. The van der Waals surface area contributed by atoms with Crippen molar-refractivity contribution in [2.45, 2.75) is 40.3 Å². The molecule has 0 aliphatic rings. The van der Waals surface area contributed by atoms with Crippen LogP contribution < -0.4 is 10.1 Å². The minimum atomic E-state index is 0.572. The molecular formula is C20H26ClNO. The van der Waals surface area contributed by atoms with Gasteiger partial charge in [-0.2, -0.15) is 0 Å². The standard InChI is InChI=1S/C20H26ClNO/c1-15(2)9-10-22-13-18-12-19(21)7-8-20(18)23-14-17-6-4-5-16(3)11-17/h4-8,11-12,15,22H,9-10,13-14H2,1-3H3. The van der Waals surface area contributed by atoms with E-state index < -0.39 is 0 Å². The maximum Gasteiger partial charge on any atom is 0.124 e. The van der Waals surface area contributed by atoms with E-state index in [1.54, 1.807) is 0 Å². The summed E-state index contributed by atoms with van der Waals surface area (Å²) >= 11 is 6.13. The Balaban J connectivity index is 1.97. The molecule has 0 spiro atoms. The maximum atomic E-state index is 6.13. The van der Waals surface area contributed by atoms with Crippen LogP contribution in [0.4, 0.5) is 0 Å². The second-order valence-electron chi connectivity index (χ2n) is 6.39. The van der Waals surface area contributed by atoms with Crippen LogP contribution in [0.2, 0.25) is 5.02 Å². The Hall–Kier alpha value is -1.51. The highest BCUT2D eigenvalue weighted by molar-refractivity contribution is 6.30. The number of benzene rings is 2. The molecule has 0 atom stereocenters. The van der Waals surface area contributed by atoms with Crippen LogP contribution in [0.1, 0.15) is 37.0 Å². The van der Waals surface area contributed by atoms with E-state index in [0.29, 0.717) is 12.5 Å². The molecule has 2 nitrogen and oxygen atoms in total. The number of hydrogen-bond acceptors (Lipinski definition) is 2. The van der Waals surface area contributed by atoms with E-state index in [1.165, 1.54) is 17.5 Å². The van der Waals surface area contributed by atoms with Crippen LogP contribution in [-0.2, 0) is 13.2 Å². The Morgan fingerprint density at radius 2 is 1.96 bits per heavy atom. The van der Waals surface area contributed by atoms with Crippen LogP contribution in [0, 0.1) is 12.8 Å². The van der Waals surface area contributed by atoms with Crippen LogP contribution in [0.15, 0.2) is 42.5 Å². The monoisotopic (exact) mass is 331 g/mol. The van der Waals surface area contributed by atoms with Crippen molar-refractivity contribution in [1.29, 1.82) is 0 Å². The Bertz CT molecular complexity index is 625. The van der Waals surface area contributed by atoms with Gasteiger partial charge in [-0.25, -0.2) is 0 Å². The summed E-state index contributed by atoms with van der Waals surface area (Å²) in [4.78, 5) is 0. The first-order chi connectivity index (χ1) is 11.0. The molecule has 124 valence electrons. The van der Waals surface area contributed by atoms with Crippen LogP contribution in [0.3, 0.4) is 0 Å². The molecule has 0 saturated carbocycles. The van der Waals surface area contributed by atoms with Crippen molar-refractivity contribution in [3.8, 4) is 5.75 Å². The molecule has 0 aliphatic carbocycles. The molecule has 0 amide bonds. The highest BCUT2D eigenvalue weighted by Gasteiger charge is 2.06. The summed E-state index contributed by atoms with van der Waals surface area (Å²) in [5, 5.41) is 4.21. The van der Waals surface area contributed by atoms with Gasteiger partial charge in [-0.1, -0.05) is 55.3 Å². The summed E-state index contributed by atoms with van der Waals surface area (Å²) in [5.74, 6) is 1.60. The number of ether oxygens (including phenoxy) is 1. The van der Waals surface area contributed by atoms with Crippen molar-refractivity contribution >= 4 is 11.6 Å². The molecule has 0 saturated heterocycles. The van der Waals surface area contributed by atoms with Gasteiger partial charge in [-0.3, -0.25) is 0 Å². The average Bonchev–Trinajstić information content (AvgIpc) is 2.50. The van der Waals surface area contributed by atoms with Gasteiger partial charge in [0.15, 0.2) is 0 Å². The van der Waals surface area contributed by atoms with Crippen LogP contribution in [-0.4, -0.2) is 6.54 Å². The lowest BCUT2D eigenvalue weighted by molar-refractivity contribution is 0.302. The smallest absolute Gasteiger partial charge is 0.124 e. The van der Waals surface area contributed by atoms with Gasteiger partial charge in [-0.05, 0) is 49.6 Å². The zero-order chi connectivity index (χ0) is 16.7. The Morgan fingerprint density at radius 1 is 1.13 bits per heavy atom. The third kappa shape index (κ3) is 6.25. The third-order valence-corrected chi connectivity index (χ3v) is 3.95. The predicted molar refractivity (Wildman–Crippen MR) is 98.1 cm³/mol. The summed E-state index contributed by atoms with van der Waals surface area (Å²) in [6.45, 7) is 8.91. The van der Waals surface area contributed by atoms with Gasteiger partial charge < -0.3 is 10.1 Å². The number of nitrogens with one attached hydrogen (secondary N) is 1. The fraction of sp³-hybridized carbons (Fsp3) is 0.400. The minimum absolute atomic E-state index is 0.572. The number of rotatable bonds is 8. The Labute approximate surface area is 144 Å². The van der Waals surface area contributed by atoms with Gasteiger partial charge in [-0.15, -0.1) is 0 Å². The van der Waals surface area contributed by atoms with Gasteiger partial charge in [0, 0.05) is 17.1 Å². The summed E-state index contributed by atoms with van der Waals surface area (Å²) < 4.78 is 6.01. The number of hydrogen-bond donors (Lipinski definition) is 1. The second-order valence-corrected chi connectivity index (χ2v) is 6.83.